The lowest BCUT2D eigenvalue weighted by atomic mass is 9.90. The van der Waals surface area contributed by atoms with Crippen LogP contribution in [0.3, 0.4) is 0 Å². The quantitative estimate of drug-likeness (QED) is 0.637. The number of ether oxygens (including phenoxy) is 3. The summed E-state index contributed by atoms with van der Waals surface area (Å²) in [6, 6.07) is 0. The Morgan fingerprint density at radius 3 is 2.33 bits per heavy atom. The van der Waals surface area contributed by atoms with Gasteiger partial charge in [0.25, 0.3) is 6.29 Å². The van der Waals surface area contributed by atoms with Crippen LogP contribution in [0.2, 0.25) is 0 Å². The molecule has 1 heterocycles. The van der Waals surface area contributed by atoms with Crippen LogP contribution in [0.15, 0.2) is 0 Å². The first-order chi connectivity index (χ1) is 9.29. The second-order valence-electron chi connectivity index (χ2n) is 5.17. The van der Waals surface area contributed by atoms with E-state index in [-0.39, 0.29) is 6.42 Å². The van der Waals surface area contributed by atoms with Gasteiger partial charge >= 0.3 is 23.9 Å². The zero-order valence-corrected chi connectivity index (χ0v) is 11.5. The normalized spacial score (nSPS) is 30.0. The molecule has 0 aliphatic carbocycles. The minimum absolute atomic E-state index is 0.199. The molecule has 2 unspecified atom stereocenters. The number of halogens is 5. The van der Waals surface area contributed by atoms with Crippen molar-refractivity contribution in [3.05, 3.63) is 0 Å². The topological polar surface area (TPSA) is 65.0 Å². The zero-order chi connectivity index (χ0) is 16.7. The van der Waals surface area contributed by atoms with Gasteiger partial charge < -0.3 is 19.3 Å². The van der Waals surface area contributed by atoms with E-state index < -0.39 is 42.4 Å². The van der Waals surface area contributed by atoms with E-state index >= 15 is 0 Å². The van der Waals surface area contributed by atoms with Gasteiger partial charge in [-0.2, -0.15) is 22.0 Å². The molecule has 0 aromatic rings. The van der Waals surface area contributed by atoms with Crippen molar-refractivity contribution >= 4 is 5.97 Å². The average Bonchev–Trinajstić information content (AvgIpc) is 2.33. The number of carbonyl (C=O) groups excluding carboxylic acids is 1. The van der Waals surface area contributed by atoms with Crippen molar-refractivity contribution in [2.24, 2.45) is 5.41 Å². The van der Waals surface area contributed by atoms with Crippen LogP contribution in [0, 0.1) is 5.41 Å². The number of alkyl halides is 5. The third-order valence-electron chi connectivity index (χ3n) is 3.27. The summed E-state index contributed by atoms with van der Waals surface area (Å²) in [5, 5.41) is 9.11. The number of aliphatic hydroxyl groups is 1. The standard InChI is InChI=1S/C11H15F5O5/c1-4-8(2,3)6(17)21-7-9(12,13)10(18,11(14,15)16)20-5-19-7/h7,18H,4-5H2,1-3H3. The van der Waals surface area contributed by atoms with Crippen molar-refractivity contribution in [2.75, 3.05) is 6.79 Å². The van der Waals surface area contributed by atoms with Gasteiger partial charge in [-0.15, -0.1) is 0 Å². The first-order valence-electron chi connectivity index (χ1n) is 5.93. The summed E-state index contributed by atoms with van der Waals surface area (Å²) in [5.41, 5.74) is -1.20. The number of hydrogen-bond acceptors (Lipinski definition) is 5. The summed E-state index contributed by atoms with van der Waals surface area (Å²) in [4.78, 5) is 11.7. The summed E-state index contributed by atoms with van der Waals surface area (Å²) in [5.74, 6) is -11.0. The van der Waals surface area contributed by atoms with E-state index in [2.05, 4.69) is 14.2 Å². The largest absolute Gasteiger partial charge is 0.450 e. The van der Waals surface area contributed by atoms with E-state index in [0.717, 1.165) is 0 Å². The van der Waals surface area contributed by atoms with Gasteiger partial charge in [0.05, 0.1) is 5.41 Å². The highest BCUT2D eigenvalue weighted by molar-refractivity contribution is 5.76. The fraction of sp³-hybridized carbons (Fsp3) is 0.909. The smallest absolute Gasteiger partial charge is 0.428 e. The molecule has 124 valence electrons. The van der Waals surface area contributed by atoms with Crippen LogP contribution in [0.1, 0.15) is 27.2 Å². The molecule has 5 nitrogen and oxygen atoms in total. The predicted octanol–water partition coefficient (Wildman–Crippen LogP) is 2.18. The van der Waals surface area contributed by atoms with Crippen LogP contribution in [-0.4, -0.2) is 42.0 Å². The zero-order valence-electron chi connectivity index (χ0n) is 11.5. The molecule has 0 amide bonds. The van der Waals surface area contributed by atoms with Crippen LogP contribution in [0.4, 0.5) is 22.0 Å². The van der Waals surface area contributed by atoms with Gasteiger partial charge in [-0.25, -0.2) is 0 Å². The monoisotopic (exact) mass is 322 g/mol. The minimum atomic E-state index is -5.80. The third kappa shape index (κ3) is 2.97. The van der Waals surface area contributed by atoms with Crippen molar-refractivity contribution in [2.45, 2.75) is 51.4 Å². The van der Waals surface area contributed by atoms with Gasteiger partial charge in [0.15, 0.2) is 6.79 Å². The first-order valence-corrected chi connectivity index (χ1v) is 5.93. The molecule has 0 radical (unpaired) electrons. The molecule has 1 aliphatic heterocycles. The Bertz CT molecular complexity index is 408. The van der Waals surface area contributed by atoms with Gasteiger partial charge in [-0.3, -0.25) is 4.79 Å². The van der Waals surface area contributed by atoms with Crippen molar-refractivity contribution in [3.8, 4) is 0 Å². The Kier molecular flexibility index (Phi) is 4.58. The molecule has 2 atom stereocenters. The summed E-state index contributed by atoms with van der Waals surface area (Å²) >= 11 is 0. The first kappa shape index (κ1) is 18.1. The summed E-state index contributed by atoms with van der Waals surface area (Å²) in [7, 11) is 0. The van der Waals surface area contributed by atoms with Crippen LogP contribution in [-0.2, 0) is 19.0 Å². The van der Waals surface area contributed by atoms with Crippen molar-refractivity contribution < 1.29 is 46.1 Å². The van der Waals surface area contributed by atoms with Gasteiger partial charge in [-0.05, 0) is 20.3 Å². The van der Waals surface area contributed by atoms with Gasteiger partial charge in [0.2, 0.25) is 0 Å². The second-order valence-corrected chi connectivity index (χ2v) is 5.17. The maximum atomic E-state index is 13.8. The molecule has 0 bridgehead atoms. The highest BCUT2D eigenvalue weighted by Gasteiger charge is 2.77. The fourth-order valence-electron chi connectivity index (χ4n) is 1.32. The number of carbonyl (C=O) groups is 1. The lowest BCUT2D eigenvalue weighted by Crippen LogP contribution is -2.69. The highest BCUT2D eigenvalue weighted by Crippen LogP contribution is 2.48. The predicted molar refractivity (Wildman–Crippen MR) is 56.9 cm³/mol. The second kappa shape index (κ2) is 5.33. The molecular weight excluding hydrogens is 307 g/mol. The molecule has 1 fully saturated rings. The molecule has 0 aromatic heterocycles. The molecule has 1 N–H and O–H groups in total. The Morgan fingerprint density at radius 2 is 1.90 bits per heavy atom. The van der Waals surface area contributed by atoms with Crippen molar-refractivity contribution in [3.63, 3.8) is 0 Å². The van der Waals surface area contributed by atoms with Crippen molar-refractivity contribution in [1.82, 2.24) is 0 Å². The van der Waals surface area contributed by atoms with E-state index in [1.165, 1.54) is 13.8 Å². The number of esters is 1. The van der Waals surface area contributed by atoms with Gasteiger partial charge in [0.1, 0.15) is 0 Å². The molecular formula is C11H15F5O5. The average molecular weight is 322 g/mol. The van der Waals surface area contributed by atoms with Crippen LogP contribution < -0.4 is 0 Å². The Morgan fingerprint density at radius 1 is 1.38 bits per heavy atom. The van der Waals surface area contributed by atoms with E-state index in [9.17, 15) is 26.7 Å². The third-order valence-corrected chi connectivity index (χ3v) is 3.27. The summed E-state index contributed by atoms with van der Waals surface area (Å²) in [6.45, 7) is 2.98. The van der Waals surface area contributed by atoms with Crippen molar-refractivity contribution in [1.29, 1.82) is 0 Å². The Balaban J connectivity index is 3.03. The van der Waals surface area contributed by atoms with Gasteiger partial charge in [0, 0.05) is 0 Å². The van der Waals surface area contributed by atoms with Crippen LogP contribution in [0.5, 0.6) is 0 Å². The van der Waals surface area contributed by atoms with E-state index in [0.29, 0.717) is 0 Å². The summed E-state index contributed by atoms with van der Waals surface area (Å²) < 4.78 is 77.4. The van der Waals surface area contributed by atoms with Crippen LogP contribution in [0.25, 0.3) is 0 Å². The maximum Gasteiger partial charge on any atom is 0.450 e. The SMILES string of the molecule is CCC(C)(C)C(=O)OC1OCOC(O)(C(F)(F)F)C1(F)F. The highest BCUT2D eigenvalue weighted by atomic mass is 19.4. The molecule has 0 aromatic carbocycles. The molecule has 21 heavy (non-hydrogen) atoms. The molecule has 1 rings (SSSR count). The van der Waals surface area contributed by atoms with E-state index in [1.54, 1.807) is 6.92 Å². The Labute approximate surface area is 117 Å². The molecule has 0 spiro atoms. The number of rotatable bonds is 3. The molecule has 1 aliphatic rings. The minimum Gasteiger partial charge on any atom is -0.428 e. The van der Waals surface area contributed by atoms with E-state index in [4.69, 9.17) is 5.11 Å². The Hall–Kier alpha value is -1.00. The molecule has 10 heteroatoms. The summed E-state index contributed by atoms with van der Waals surface area (Å²) in [6.07, 6.45) is -8.51. The van der Waals surface area contributed by atoms with Gasteiger partial charge in [-0.1, -0.05) is 6.92 Å². The van der Waals surface area contributed by atoms with Crippen LogP contribution >= 0.6 is 0 Å². The number of hydrogen-bond donors (Lipinski definition) is 1. The molecule has 0 saturated carbocycles. The molecule has 1 saturated heterocycles. The van der Waals surface area contributed by atoms with E-state index in [1.807, 2.05) is 0 Å². The lowest BCUT2D eigenvalue weighted by molar-refractivity contribution is -0.502. The maximum absolute atomic E-state index is 13.8. The lowest BCUT2D eigenvalue weighted by Gasteiger charge is -2.43. The fourth-order valence-corrected chi connectivity index (χ4v) is 1.32.